The summed E-state index contributed by atoms with van der Waals surface area (Å²) in [7, 11) is 0. The second-order valence-electron chi connectivity index (χ2n) is 13.4. The van der Waals surface area contributed by atoms with Crippen LogP contribution in [-0.4, -0.2) is 0 Å². The summed E-state index contributed by atoms with van der Waals surface area (Å²) >= 11 is 0. The monoisotopic (exact) mass is 608 g/mol. The predicted octanol–water partition coefficient (Wildman–Crippen LogP) is 13.4. The molecule has 2 heteroatoms. The quantitative estimate of drug-likeness (QED) is 0.139. The van der Waals surface area contributed by atoms with Gasteiger partial charge in [-0.15, -0.1) is 0 Å². The maximum atomic E-state index is 2.43. The fourth-order valence-electron chi connectivity index (χ4n) is 6.99. The third kappa shape index (κ3) is 6.49. The summed E-state index contributed by atoms with van der Waals surface area (Å²) < 4.78 is 0. The Morgan fingerprint density at radius 3 is 0.978 bits per heavy atom. The molecule has 46 heavy (non-hydrogen) atoms. The largest absolute Gasteiger partial charge is 0.311 e. The Kier molecular flexibility index (Phi) is 10.1. The number of hydrogen-bond donors (Lipinski definition) is 0. The van der Waals surface area contributed by atoms with Crippen LogP contribution in [0.2, 0.25) is 0 Å². The molecule has 0 heterocycles. The van der Waals surface area contributed by atoms with E-state index < -0.39 is 0 Å². The highest BCUT2D eigenvalue weighted by Crippen LogP contribution is 2.43. The minimum atomic E-state index is 0.177. The molecule has 0 atom stereocenters. The van der Waals surface area contributed by atoms with Gasteiger partial charge in [0, 0.05) is 34.1 Å². The van der Waals surface area contributed by atoms with Crippen molar-refractivity contribution in [1.82, 2.24) is 0 Å². The van der Waals surface area contributed by atoms with Gasteiger partial charge in [0.25, 0.3) is 0 Å². The zero-order chi connectivity index (χ0) is 32.9. The standard InChI is InChI=1S/C44H52N2/c1-9-43(7,10-2)41-29-27-39(31-33(41)5)46(40-28-30-42(34(6)32-40)44(8,11-3)12-4)38-25-23-37(24-26-38)45(35-19-15-13-16-20-35)36-21-17-14-18-22-36/h13-32H,9-12H2,1-8H3. The van der Waals surface area contributed by atoms with E-state index in [2.05, 4.69) is 187 Å². The van der Waals surface area contributed by atoms with Gasteiger partial charge < -0.3 is 9.80 Å². The van der Waals surface area contributed by atoms with Crippen LogP contribution in [0.5, 0.6) is 0 Å². The van der Waals surface area contributed by atoms with Gasteiger partial charge >= 0.3 is 0 Å². The maximum Gasteiger partial charge on any atom is 0.0464 e. The van der Waals surface area contributed by atoms with Crippen molar-refractivity contribution in [2.45, 2.75) is 91.9 Å². The topological polar surface area (TPSA) is 6.48 Å². The molecule has 5 aromatic rings. The highest BCUT2D eigenvalue weighted by molar-refractivity contribution is 5.81. The van der Waals surface area contributed by atoms with E-state index in [9.17, 15) is 0 Å². The molecule has 0 fully saturated rings. The van der Waals surface area contributed by atoms with Crippen molar-refractivity contribution in [1.29, 1.82) is 0 Å². The Morgan fingerprint density at radius 2 is 0.674 bits per heavy atom. The molecule has 5 rings (SSSR count). The number of aryl methyl sites for hydroxylation is 2. The number of anilines is 6. The molecule has 0 spiro atoms. The van der Waals surface area contributed by atoms with Crippen molar-refractivity contribution in [2.24, 2.45) is 0 Å². The van der Waals surface area contributed by atoms with Gasteiger partial charge in [-0.05, 0) is 145 Å². The molecule has 0 aliphatic carbocycles. The second kappa shape index (κ2) is 14.0. The highest BCUT2D eigenvalue weighted by Gasteiger charge is 2.27. The summed E-state index contributed by atoms with van der Waals surface area (Å²) in [5.74, 6) is 0. The maximum absolute atomic E-state index is 2.43. The first kappa shape index (κ1) is 33.1. The van der Waals surface area contributed by atoms with Crippen molar-refractivity contribution < 1.29 is 0 Å². The summed E-state index contributed by atoms with van der Waals surface area (Å²) in [6, 6.07) is 44.4. The average Bonchev–Trinajstić information content (AvgIpc) is 3.09. The first-order valence-corrected chi connectivity index (χ1v) is 17.2. The van der Waals surface area contributed by atoms with Crippen LogP contribution >= 0.6 is 0 Å². The molecule has 0 aliphatic heterocycles. The average molecular weight is 609 g/mol. The van der Waals surface area contributed by atoms with Gasteiger partial charge in [0.05, 0.1) is 0 Å². The minimum Gasteiger partial charge on any atom is -0.311 e. The number of rotatable bonds is 12. The lowest BCUT2D eigenvalue weighted by atomic mass is 9.75. The number of nitrogens with zero attached hydrogens (tertiary/aromatic N) is 2. The van der Waals surface area contributed by atoms with Gasteiger partial charge in [-0.25, -0.2) is 0 Å². The molecule has 0 aliphatic rings. The first-order chi connectivity index (χ1) is 22.2. The SMILES string of the molecule is CCC(C)(CC)c1ccc(N(c2ccc(N(c3ccccc3)c3ccccc3)cc2)c2ccc(C(C)(CC)CC)c(C)c2)cc1C. The van der Waals surface area contributed by atoms with Crippen LogP contribution in [0, 0.1) is 13.8 Å². The Morgan fingerprint density at radius 1 is 0.391 bits per heavy atom. The fraction of sp³-hybridized carbons (Fsp3) is 0.318. The van der Waals surface area contributed by atoms with E-state index in [1.165, 1.54) is 33.6 Å². The van der Waals surface area contributed by atoms with Crippen LogP contribution in [-0.2, 0) is 10.8 Å². The van der Waals surface area contributed by atoms with Crippen molar-refractivity contribution in [2.75, 3.05) is 9.80 Å². The predicted molar refractivity (Wildman–Crippen MR) is 201 cm³/mol. The zero-order valence-electron chi connectivity index (χ0n) is 29.3. The first-order valence-electron chi connectivity index (χ1n) is 17.2. The number of benzene rings is 5. The van der Waals surface area contributed by atoms with Gasteiger partial charge in [-0.1, -0.05) is 90.1 Å². The summed E-state index contributed by atoms with van der Waals surface area (Å²) in [5, 5.41) is 0. The second-order valence-corrected chi connectivity index (χ2v) is 13.4. The molecule has 5 aromatic carbocycles. The molecule has 2 nitrogen and oxygen atoms in total. The molecule has 0 aromatic heterocycles. The van der Waals surface area contributed by atoms with Crippen molar-refractivity contribution >= 4 is 34.1 Å². The van der Waals surface area contributed by atoms with E-state index in [-0.39, 0.29) is 10.8 Å². The van der Waals surface area contributed by atoms with E-state index >= 15 is 0 Å². The molecule has 238 valence electrons. The van der Waals surface area contributed by atoms with Crippen molar-refractivity contribution in [3.63, 3.8) is 0 Å². The Labute approximate surface area is 278 Å². The number of para-hydroxylation sites is 2. The highest BCUT2D eigenvalue weighted by atomic mass is 15.2. The number of hydrogen-bond acceptors (Lipinski definition) is 2. The van der Waals surface area contributed by atoms with Crippen LogP contribution in [0.25, 0.3) is 0 Å². The van der Waals surface area contributed by atoms with Gasteiger partial charge in [0.1, 0.15) is 0 Å². The smallest absolute Gasteiger partial charge is 0.0464 e. The molecule has 0 unspecified atom stereocenters. The van der Waals surface area contributed by atoms with Crippen LogP contribution in [0.1, 0.15) is 89.5 Å². The van der Waals surface area contributed by atoms with E-state index in [0.29, 0.717) is 0 Å². The van der Waals surface area contributed by atoms with Crippen LogP contribution in [0.15, 0.2) is 121 Å². The lowest BCUT2D eigenvalue weighted by Crippen LogP contribution is -2.22. The summed E-state index contributed by atoms with van der Waals surface area (Å²) in [6.07, 6.45) is 4.51. The molecule has 0 saturated heterocycles. The summed E-state index contributed by atoms with van der Waals surface area (Å²) in [4.78, 5) is 4.75. The molecule has 0 bridgehead atoms. The van der Waals surface area contributed by atoms with E-state index in [1.807, 2.05) is 0 Å². The minimum absolute atomic E-state index is 0.177. The lowest BCUT2D eigenvalue weighted by Gasteiger charge is -2.33. The van der Waals surface area contributed by atoms with Gasteiger partial charge in [0.15, 0.2) is 0 Å². The van der Waals surface area contributed by atoms with E-state index in [1.54, 1.807) is 0 Å². The Bertz CT molecular complexity index is 1610. The van der Waals surface area contributed by atoms with Crippen molar-refractivity contribution in [3.05, 3.63) is 144 Å². The molecular formula is C44H52N2. The molecular weight excluding hydrogens is 556 g/mol. The lowest BCUT2D eigenvalue weighted by molar-refractivity contribution is 0.436. The molecule has 0 N–H and O–H groups in total. The van der Waals surface area contributed by atoms with Crippen LogP contribution in [0.3, 0.4) is 0 Å². The van der Waals surface area contributed by atoms with E-state index in [4.69, 9.17) is 0 Å². The molecule has 0 radical (unpaired) electrons. The fourth-order valence-corrected chi connectivity index (χ4v) is 6.99. The van der Waals surface area contributed by atoms with Gasteiger partial charge in [-0.3, -0.25) is 0 Å². The molecule has 0 saturated carbocycles. The van der Waals surface area contributed by atoms with Crippen LogP contribution in [0.4, 0.5) is 34.1 Å². The Hall–Kier alpha value is -4.30. The summed E-state index contributed by atoms with van der Waals surface area (Å²) in [5.41, 5.74) is 12.9. The normalized spacial score (nSPS) is 11.8. The third-order valence-corrected chi connectivity index (χ3v) is 10.8. The van der Waals surface area contributed by atoms with Gasteiger partial charge in [-0.2, -0.15) is 0 Å². The Balaban J connectivity index is 1.63. The van der Waals surface area contributed by atoms with E-state index in [0.717, 1.165) is 48.4 Å². The third-order valence-electron chi connectivity index (χ3n) is 10.8. The van der Waals surface area contributed by atoms with Crippen molar-refractivity contribution in [3.8, 4) is 0 Å². The summed E-state index contributed by atoms with van der Waals surface area (Å²) in [6.45, 7) is 18.6. The van der Waals surface area contributed by atoms with Crippen LogP contribution < -0.4 is 9.80 Å². The zero-order valence-corrected chi connectivity index (χ0v) is 29.3. The molecule has 0 amide bonds. The van der Waals surface area contributed by atoms with Gasteiger partial charge in [0.2, 0.25) is 0 Å².